The van der Waals surface area contributed by atoms with Crippen LogP contribution in [0.1, 0.15) is 25.7 Å². The van der Waals surface area contributed by atoms with E-state index in [4.69, 9.17) is 5.73 Å². The fourth-order valence-corrected chi connectivity index (χ4v) is 2.82. The van der Waals surface area contributed by atoms with Crippen molar-refractivity contribution in [1.82, 2.24) is 0 Å². The van der Waals surface area contributed by atoms with E-state index in [1.165, 1.54) is 0 Å². The molecule has 1 aromatic carbocycles. The number of anilines is 1. The summed E-state index contributed by atoms with van der Waals surface area (Å²) in [6.07, 6.45) is -2.62. The van der Waals surface area contributed by atoms with Gasteiger partial charge in [-0.2, -0.15) is 13.2 Å². The summed E-state index contributed by atoms with van der Waals surface area (Å²) < 4.78 is 38.7. The molecule has 3 N–H and O–H groups in total. The average Bonchev–Trinajstić information content (AvgIpc) is 2.39. The van der Waals surface area contributed by atoms with Crippen molar-refractivity contribution in [3.8, 4) is 0 Å². The minimum absolute atomic E-state index is 0.0574. The highest BCUT2D eigenvalue weighted by Crippen LogP contribution is 2.42. The Morgan fingerprint density at radius 3 is 2.53 bits per heavy atom. The number of hydrogen-bond donors (Lipinski definition) is 2. The molecule has 2 atom stereocenters. The Bertz CT molecular complexity index is 405. The second kappa shape index (κ2) is 5.41. The number of rotatable bonds is 3. The van der Waals surface area contributed by atoms with Crippen molar-refractivity contribution < 1.29 is 13.2 Å². The molecule has 5 heteroatoms. The maximum Gasteiger partial charge on any atom is 0.391 e. The third-order valence-electron chi connectivity index (χ3n) is 3.88. The molecular weight excluding hydrogens is 253 g/mol. The normalized spacial score (nSPS) is 28.1. The highest BCUT2D eigenvalue weighted by molar-refractivity contribution is 5.45. The van der Waals surface area contributed by atoms with Crippen LogP contribution in [0.3, 0.4) is 0 Å². The molecule has 106 valence electrons. The largest absolute Gasteiger partial charge is 0.391 e. The maximum absolute atomic E-state index is 12.9. The minimum atomic E-state index is -4.13. The zero-order chi connectivity index (χ0) is 13.9. The van der Waals surface area contributed by atoms with Gasteiger partial charge in [0, 0.05) is 12.2 Å². The third-order valence-corrected chi connectivity index (χ3v) is 3.88. The van der Waals surface area contributed by atoms with Gasteiger partial charge in [-0.15, -0.1) is 0 Å². The van der Waals surface area contributed by atoms with Crippen LogP contribution in [-0.2, 0) is 0 Å². The van der Waals surface area contributed by atoms with Crippen molar-refractivity contribution in [3.63, 3.8) is 0 Å². The van der Waals surface area contributed by atoms with E-state index in [9.17, 15) is 13.2 Å². The van der Waals surface area contributed by atoms with Crippen molar-refractivity contribution in [3.05, 3.63) is 30.3 Å². The van der Waals surface area contributed by atoms with Crippen molar-refractivity contribution in [2.45, 2.75) is 37.4 Å². The molecule has 2 unspecified atom stereocenters. The summed E-state index contributed by atoms with van der Waals surface area (Å²) in [6.45, 7) is 0.217. The lowest BCUT2D eigenvalue weighted by Crippen LogP contribution is -2.51. The van der Waals surface area contributed by atoms with Gasteiger partial charge in [0.1, 0.15) is 0 Å². The Morgan fingerprint density at radius 2 is 1.95 bits per heavy atom. The number of alkyl halides is 3. The molecule has 1 saturated carbocycles. The van der Waals surface area contributed by atoms with Gasteiger partial charge in [0.25, 0.3) is 0 Å². The number of halogens is 3. The molecule has 0 heterocycles. The first kappa shape index (κ1) is 14.2. The van der Waals surface area contributed by atoms with E-state index in [0.717, 1.165) is 5.69 Å². The smallest absolute Gasteiger partial charge is 0.378 e. The van der Waals surface area contributed by atoms with Crippen LogP contribution >= 0.6 is 0 Å². The lowest BCUT2D eigenvalue weighted by atomic mass is 9.75. The van der Waals surface area contributed by atoms with E-state index in [0.29, 0.717) is 12.8 Å². The summed E-state index contributed by atoms with van der Waals surface area (Å²) in [4.78, 5) is 0. The van der Waals surface area contributed by atoms with Gasteiger partial charge in [0.05, 0.1) is 11.5 Å². The summed E-state index contributed by atoms with van der Waals surface area (Å²) >= 11 is 0. The first-order chi connectivity index (χ1) is 8.95. The molecule has 1 aliphatic rings. The molecule has 1 fully saturated rings. The van der Waals surface area contributed by atoms with Gasteiger partial charge >= 0.3 is 6.18 Å². The minimum Gasteiger partial charge on any atom is -0.378 e. The van der Waals surface area contributed by atoms with Gasteiger partial charge in [-0.05, 0) is 31.4 Å². The van der Waals surface area contributed by atoms with Crippen LogP contribution in [0.25, 0.3) is 0 Å². The van der Waals surface area contributed by atoms with Gasteiger partial charge in [-0.25, -0.2) is 0 Å². The fourth-order valence-electron chi connectivity index (χ4n) is 2.82. The molecule has 19 heavy (non-hydrogen) atoms. The van der Waals surface area contributed by atoms with Crippen LogP contribution in [0.4, 0.5) is 18.9 Å². The first-order valence-electron chi connectivity index (χ1n) is 6.55. The van der Waals surface area contributed by atoms with Gasteiger partial charge < -0.3 is 11.1 Å². The van der Waals surface area contributed by atoms with Crippen LogP contribution in [0.5, 0.6) is 0 Å². The van der Waals surface area contributed by atoms with Crippen molar-refractivity contribution >= 4 is 5.69 Å². The molecule has 0 saturated heterocycles. The van der Waals surface area contributed by atoms with Gasteiger partial charge in [-0.3, -0.25) is 0 Å². The SMILES string of the molecule is NCC1(Nc2ccccc2)CCCC(C(F)(F)F)C1. The summed E-state index contributed by atoms with van der Waals surface area (Å²) in [7, 11) is 0. The predicted octanol–water partition coefficient (Wildman–Crippen LogP) is 3.55. The molecule has 0 radical (unpaired) electrons. The Labute approximate surface area is 111 Å². The lowest BCUT2D eigenvalue weighted by molar-refractivity contribution is -0.185. The average molecular weight is 272 g/mol. The number of hydrogen-bond acceptors (Lipinski definition) is 2. The zero-order valence-electron chi connectivity index (χ0n) is 10.7. The third kappa shape index (κ3) is 3.41. The molecule has 1 aromatic rings. The van der Waals surface area contributed by atoms with Gasteiger partial charge in [-0.1, -0.05) is 24.6 Å². The molecule has 2 nitrogen and oxygen atoms in total. The molecule has 0 bridgehead atoms. The summed E-state index contributed by atoms with van der Waals surface area (Å²) in [6, 6.07) is 9.30. The van der Waals surface area contributed by atoms with E-state index in [-0.39, 0.29) is 19.4 Å². The molecular formula is C14H19F3N2. The second-order valence-electron chi connectivity index (χ2n) is 5.31. The first-order valence-corrected chi connectivity index (χ1v) is 6.55. The Balaban J connectivity index is 2.13. The summed E-state index contributed by atoms with van der Waals surface area (Å²) in [5.41, 5.74) is 5.95. The van der Waals surface area contributed by atoms with Crippen LogP contribution < -0.4 is 11.1 Å². The topological polar surface area (TPSA) is 38.0 Å². The zero-order valence-corrected chi connectivity index (χ0v) is 10.7. The monoisotopic (exact) mass is 272 g/mol. The standard InChI is InChI=1S/C14H19F3N2/c15-14(16,17)11-5-4-8-13(9-11,10-18)19-12-6-2-1-3-7-12/h1-3,6-7,11,19H,4-5,8-10,18H2. The Hall–Kier alpha value is -1.23. The van der Waals surface area contributed by atoms with Crippen LogP contribution in [0, 0.1) is 5.92 Å². The van der Waals surface area contributed by atoms with E-state index < -0.39 is 17.6 Å². The number of benzene rings is 1. The van der Waals surface area contributed by atoms with Crippen molar-refractivity contribution in [2.24, 2.45) is 11.7 Å². The lowest BCUT2D eigenvalue weighted by Gasteiger charge is -2.42. The molecule has 0 aromatic heterocycles. The highest BCUT2D eigenvalue weighted by atomic mass is 19.4. The predicted molar refractivity (Wildman–Crippen MR) is 69.9 cm³/mol. The quantitative estimate of drug-likeness (QED) is 0.883. The number of para-hydroxylation sites is 1. The highest BCUT2D eigenvalue weighted by Gasteiger charge is 2.47. The molecule has 0 aliphatic heterocycles. The number of nitrogens with two attached hydrogens (primary N) is 1. The number of nitrogens with one attached hydrogen (secondary N) is 1. The summed E-state index contributed by atoms with van der Waals surface area (Å²) in [5, 5.41) is 3.22. The fraction of sp³-hybridized carbons (Fsp3) is 0.571. The van der Waals surface area contributed by atoms with Crippen LogP contribution in [0.15, 0.2) is 30.3 Å². The van der Waals surface area contributed by atoms with E-state index in [1.54, 1.807) is 0 Å². The second-order valence-corrected chi connectivity index (χ2v) is 5.31. The van der Waals surface area contributed by atoms with Gasteiger partial charge in [0.15, 0.2) is 0 Å². The van der Waals surface area contributed by atoms with E-state index >= 15 is 0 Å². The van der Waals surface area contributed by atoms with Gasteiger partial charge in [0.2, 0.25) is 0 Å². The van der Waals surface area contributed by atoms with Crippen molar-refractivity contribution in [1.29, 1.82) is 0 Å². The Kier molecular flexibility index (Phi) is 4.04. The van der Waals surface area contributed by atoms with Crippen LogP contribution in [-0.4, -0.2) is 18.3 Å². The molecule has 1 aliphatic carbocycles. The maximum atomic E-state index is 12.9. The molecule has 0 amide bonds. The molecule has 0 spiro atoms. The summed E-state index contributed by atoms with van der Waals surface area (Å²) in [5.74, 6) is -1.25. The van der Waals surface area contributed by atoms with Crippen molar-refractivity contribution in [2.75, 3.05) is 11.9 Å². The van der Waals surface area contributed by atoms with E-state index in [1.807, 2.05) is 30.3 Å². The molecule has 2 rings (SSSR count). The Morgan fingerprint density at radius 1 is 1.26 bits per heavy atom. The van der Waals surface area contributed by atoms with E-state index in [2.05, 4.69) is 5.32 Å². The van der Waals surface area contributed by atoms with Crippen LogP contribution in [0.2, 0.25) is 0 Å².